The summed E-state index contributed by atoms with van der Waals surface area (Å²) in [5.41, 5.74) is 5.19. The molecule has 0 radical (unpaired) electrons. The van der Waals surface area contributed by atoms with Crippen LogP contribution in [0.1, 0.15) is 16.8 Å². The minimum Gasteiger partial charge on any atom is -0.487 e. The third-order valence-electron chi connectivity index (χ3n) is 4.55. The van der Waals surface area contributed by atoms with Gasteiger partial charge in [0.25, 0.3) is 0 Å². The summed E-state index contributed by atoms with van der Waals surface area (Å²) >= 11 is 0. The lowest BCUT2D eigenvalue weighted by Gasteiger charge is -2.12. The van der Waals surface area contributed by atoms with Gasteiger partial charge in [0.1, 0.15) is 24.6 Å². The molecule has 0 aliphatic carbocycles. The van der Waals surface area contributed by atoms with Gasteiger partial charge in [-0.05, 0) is 37.1 Å². The Bertz CT molecular complexity index is 933. The van der Waals surface area contributed by atoms with Crippen molar-refractivity contribution in [2.45, 2.75) is 27.2 Å². The fourth-order valence-electron chi connectivity index (χ4n) is 3.11. The summed E-state index contributed by atoms with van der Waals surface area (Å²) in [4.78, 5) is 4.51. The van der Waals surface area contributed by atoms with Gasteiger partial charge in [0.15, 0.2) is 11.5 Å². The number of rotatable bonds is 5. The molecule has 1 aliphatic heterocycles. The molecule has 0 saturated heterocycles. The highest BCUT2D eigenvalue weighted by atomic mass is 16.7. The first-order valence-corrected chi connectivity index (χ1v) is 8.13. The summed E-state index contributed by atoms with van der Waals surface area (Å²) in [6, 6.07) is 7.73. The Morgan fingerprint density at radius 3 is 2.84 bits per heavy atom. The van der Waals surface area contributed by atoms with Gasteiger partial charge in [0, 0.05) is 25.1 Å². The molecule has 0 saturated carbocycles. The summed E-state index contributed by atoms with van der Waals surface area (Å²) < 4.78 is 24.3. The lowest BCUT2D eigenvalue weighted by molar-refractivity contribution is 0.132. The topological polar surface area (TPSA) is 54.7 Å². The molecular weight excluding hydrogens is 320 g/mol. The van der Waals surface area contributed by atoms with Crippen molar-refractivity contribution in [3.63, 3.8) is 0 Å². The molecule has 2 aromatic heterocycles. The van der Waals surface area contributed by atoms with E-state index in [9.17, 15) is 0 Å². The van der Waals surface area contributed by atoms with Crippen LogP contribution < -0.4 is 14.2 Å². The Labute approximate surface area is 145 Å². The minimum atomic E-state index is 0.272. The molecule has 0 amide bonds. The molecule has 3 heterocycles. The lowest BCUT2D eigenvalue weighted by Crippen LogP contribution is -2.04. The standard InChI is InChI=1S/C19H20N2O4/c1-12-13(2)21(10-22-3)19-16(6-7-20-18(12)19)23-9-14-4-5-15-17(8-14)25-11-24-15/h4-8H,9-11H2,1-3H3. The van der Waals surface area contributed by atoms with Gasteiger partial charge >= 0.3 is 0 Å². The molecular formula is C19H20N2O4. The zero-order chi connectivity index (χ0) is 17.4. The van der Waals surface area contributed by atoms with Crippen molar-refractivity contribution in [3.05, 3.63) is 47.3 Å². The summed E-state index contributed by atoms with van der Waals surface area (Å²) in [6.07, 6.45) is 1.78. The average Bonchev–Trinajstić information content (AvgIpc) is 3.19. The zero-order valence-electron chi connectivity index (χ0n) is 14.5. The molecule has 6 nitrogen and oxygen atoms in total. The van der Waals surface area contributed by atoms with Gasteiger partial charge in [-0.3, -0.25) is 4.98 Å². The molecule has 1 aliphatic rings. The number of aryl methyl sites for hydroxylation is 1. The number of hydrogen-bond donors (Lipinski definition) is 0. The van der Waals surface area contributed by atoms with E-state index in [0.717, 1.165) is 45.1 Å². The van der Waals surface area contributed by atoms with E-state index in [2.05, 4.69) is 23.4 Å². The summed E-state index contributed by atoms with van der Waals surface area (Å²) in [7, 11) is 1.68. The SMILES string of the molecule is COCn1c(C)c(C)c2nccc(OCc3ccc4c(c3)OCO4)c21. The summed E-state index contributed by atoms with van der Waals surface area (Å²) in [6.45, 7) is 5.30. The van der Waals surface area contributed by atoms with Crippen LogP contribution >= 0.6 is 0 Å². The third-order valence-corrected chi connectivity index (χ3v) is 4.55. The van der Waals surface area contributed by atoms with E-state index < -0.39 is 0 Å². The Balaban J connectivity index is 1.66. The van der Waals surface area contributed by atoms with E-state index in [1.807, 2.05) is 24.3 Å². The van der Waals surface area contributed by atoms with Crippen LogP contribution in [-0.4, -0.2) is 23.5 Å². The first kappa shape index (κ1) is 15.8. The molecule has 25 heavy (non-hydrogen) atoms. The Morgan fingerprint density at radius 2 is 2.00 bits per heavy atom. The molecule has 4 rings (SSSR count). The number of nitrogens with zero attached hydrogens (tertiary/aromatic N) is 2. The van der Waals surface area contributed by atoms with E-state index in [1.54, 1.807) is 13.3 Å². The van der Waals surface area contributed by atoms with Crippen LogP contribution in [0.5, 0.6) is 17.2 Å². The van der Waals surface area contributed by atoms with Crippen molar-refractivity contribution in [1.82, 2.24) is 9.55 Å². The minimum absolute atomic E-state index is 0.272. The van der Waals surface area contributed by atoms with Gasteiger partial charge in [-0.2, -0.15) is 0 Å². The predicted octanol–water partition coefficient (Wildman–Crippen LogP) is 3.56. The Morgan fingerprint density at radius 1 is 1.16 bits per heavy atom. The van der Waals surface area contributed by atoms with Gasteiger partial charge < -0.3 is 23.5 Å². The molecule has 0 N–H and O–H groups in total. The van der Waals surface area contributed by atoms with Gasteiger partial charge in [-0.25, -0.2) is 0 Å². The maximum Gasteiger partial charge on any atom is 0.231 e. The second-order valence-electron chi connectivity index (χ2n) is 6.04. The summed E-state index contributed by atoms with van der Waals surface area (Å²) in [5.74, 6) is 2.32. The van der Waals surface area contributed by atoms with Crippen LogP contribution in [0.2, 0.25) is 0 Å². The fourth-order valence-corrected chi connectivity index (χ4v) is 3.11. The smallest absolute Gasteiger partial charge is 0.231 e. The first-order valence-electron chi connectivity index (χ1n) is 8.13. The van der Waals surface area contributed by atoms with Crippen LogP contribution in [0.3, 0.4) is 0 Å². The zero-order valence-corrected chi connectivity index (χ0v) is 14.5. The number of benzene rings is 1. The monoisotopic (exact) mass is 340 g/mol. The molecule has 130 valence electrons. The van der Waals surface area contributed by atoms with E-state index in [1.165, 1.54) is 0 Å². The van der Waals surface area contributed by atoms with Crippen LogP contribution in [-0.2, 0) is 18.1 Å². The van der Waals surface area contributed by atoms with Crippen LogP contribution in [0, 0.1) is 13.8 Å². The van der Waals surface area contributed by atoms with Gasteiger partial charge in [0.05, 0.1) is 5.52 Å². The highest BCUT2D eigenvalue weighted by Gasteiger charge is 2.17. The van der Waals surface area contributed by atoms with E-state index in [4.69, 9.17) is 18.9 Å². The van der Waals surface area contributed by atoms with Crippen molar-refractivity contribution in [2.75, 3.05) is 13.9 Å². The van der Waals surface area contributed by atoms with Crippen molar-refractivity contribution >= 4 is 11.0 Å². The van der Waals surface area contributed by atoms with Gasteiger partial charge in [-0.1, -0.05) is 6.07 Å². The van der Waals surface area contributed by atoms with Crippen LogP contribution in [0.4, 0.5) is 0 Å². The number of methoxy groups -OCH3 is 1. The predicted molar refractivity (Wildman–Crippen MR) is 93.1 cm³/mol. The number of aromatic nitrogens is 2. The molecule has 0 unspecified atom stereocenters. The third kappa shape index (κ3) is 2.68. The number of hydrogen-bond acceptors (Lipinski definition) is 5. The Kier molecular flexibility index (Phi) is 3.97. The van der Waals surface area contributed by atoms with Crippen LogP contribution in [0.25, 0.3) is 11.0 Å². The highest BCUT2D eigenvalue weighted by molar-refractivity contribution is 5.86. The lowest BCUT2D eigenvalue weighted by atomic mass is 10.2. The normalized spacial score (nSPS) is 12.8. The second kappa shape index (κ2) is 6.29. The van der Waals surface area contributed by atoms with E-state index in [-0.39, 0.29) is 6.79 Å². The second-order valence-corrected chi connectivity index (χ2v) is 6.04. The molecule has 1 aromatic carbocycles. The summed E-state index contributed by atoms with van der Waals surface area (Å²) in [5, 5.41) is 0. The number of fused-ring (bicyclic) bond motifs is 2. The number of pyridine rings is 1. The van der Waals surface area contributed by atoms with E-state index in [0.29, 0.717) is 13.3 Å². The number of ether oxygens (including phenoxy) is 4. The van der Waals surface area contributed by atoms with Crippen molar-refractivity contribution in [3.8, 4) is 17.2 Å². The van der Waals surface area contributed by atoms with Crippen molar-refractivity contribution in [1.29, 1.82) is 0 Å². The van der Waals surface area contributed by atoms with Gasteiger partial charge in [0.2, 0.25) is 6.79 Å². The molecule has 0 spiro atoms. The maximum atomic E-state index is 6.11. The van der Waals surface area contributed by atoms with Crippen molar-refractivity contribution < 1.29 is 18.9 Å². The molecule has 0 bridgehead atoms. The highest BCUT2D eigenvalue weighted by Crippen LogP contribution is 2.34. The molecule has 6 heteroatoms. The average molecular weight is 340 g/mol. The largest absolute Gasteiger partial charge is 0.487 e. The van der Waals surface area contributed by atoms with Crippen LogP contribution in [0.15, 0.2) is 30.5 Å². The van der Waals surface area contributed by atoms with E-state index >= 15 is 0 Å². The Hall–Kier alpha value is -2.73. The first-order chi connectivity index (χ1) is 12.2. The van der Waals surface area contributed by atoms with Gasteiger partial charge in [-0.15, -0.1) is 0 Å². The maximum absolute atomic E-state index is 6.11. The fraction of sp³-hybridized carbons (Fsp3) is 0.316. The molecule has 0 fully saturated rings. The molecule has 3 aromatic rings. The molecule has 0 atom stereocenters. The quantitative estimate of drug-likeness (QED) is 0.711. The van der Waals surface area contributed by atoms with Crippen molar-refractivity contribution in [2.24, 2.45) is 0 Å².